The van der Waals surface area contributed by atoms with E-state index < -0.39 is 0 Å². The molecule has 0 amide bonds. The molecule has 1 fully saturated rings. The fourth-order valence-electron chi connectivity index (χ4n) is 4.44. The van der Waals surface area contributed by atoms with Gasteiger partial charge in [0.05, 0.1) is 24.4 Å². The Labute approximate surface area is 177 Å². The van der Waals surface area contributed by atoms with Crippen molar-refractivity contribution < 1.29 is 9.90 Å². The second-order valence-corrected chi connectivity index (χ2v) is 8.14. The van der Waals surface area contributed by atoms with Crippen LogP contribution in [0.25, 0.3) is 11.0 Å². The molecule has 160 valence electrons. The summed E-state index contributed by atoms with van der Waals surface area (Å²) in [4.78, 5) is 25.7. The van der Waals surface area contributed by atoms with Crippen LogP contribution in [0.4, 0.5) is 5.69 Å². The monoisotopic (exact) mass is 410 g/mol. The summed E-state index contributed by atoms with van der Waals surface area (Å²) in [5.41, 5.74) is 8.44. The van der Waals surface area contributed by atoms with E-state index in [2.05, 4.69) is 27.9 Å². The van der Waals surface area contributed by atoms with Crippen LogP contribution in [0.15, 0.2) is 24.5 Å². The summed E-state index contributed by atoms with van der Waals surface area (Å²) in [6.45, 7) is 5.74. The highest BCUT2D eigenvalue weighted by Crippen LogP contribution is 2.32. The van der Waals surface area contributed by atoms with Gasteiger partial charge in [0.2, 0.25) is 0 Å². The molecule has 0 unspecified atom stereocenters. The number of nitrogens with two attached hydrogens (primary N) is 1. The Balaban J connectivity index is 1.74. The second kappa shape index (κ2) is 10.4. The SMILES string of the molecule is C[C@H]1C[C@@H](CC(=O)CN(CCN)CCO)CN(c2ccc(C#N)c3nccnc23)C1. The molecule has 30 heavy (non-hydrogen) atoms. The maximum atomic E-state index is 12.7. The molecule has 1 aliphatic heterocycles. The molecule has 0 aliphatic carbocycles. The van der Waals surface area contributed by atoms with Crippen LogP contribution in [0.1, 0.15) is 25.3 Å². The van der Waals surface area contributed by atoms with Crippen LogP contribution in [0.5, 0.6) is 0 Å². The number of hydrogen-bond donors (Lipinski definition) is 2. The highest BCUT2D eigenvalue weighted by molar-refractivity contribution is 5.92. The number of aliphatic hydroxyl groups excluding tert-OH is 1. The van der Waals surface area contributed by atoms with Gasteiger partial charge in [0.25, 0.3) is 0 Å². The number of carbonyl (C=O) groups excluding carboxylic acids is 1. The lowest BCUT2D eigenvalue weighted by atomic mass is 9.86. The normalized spacial score (nSPS) is 19.2. The zero-order valence-electron chi connectivity index (χ0n) is 17.5. The first kappa shape index (κ1) is 22.1. The number of rotatable bonds is 9. The van der Waals surface area contributed by atoms with E-state index in [1.807, 2.05) is 11.0 Å². The van der Waals surface area contributed by atoms with E-state index in [1.165, 1.54) is 0 Å². The number of aliphatic hydroxyl groups is 1. The number of Topliss-reactive ketones (excluding diaryl/α,β-unsaturated/α-hetero) is 1. The van der Waals surface area contributed by atoms with Crippen molar-refractivity contribution >= 4 is 22.5 Å². The molecule has 3 rings (SSSR count). The molecule has 2 aromatic rings. The molecule has 2 heterocycles. The van der Waals surface area contributed by atoms with Crippen molar-refractivity contribution in [3.63, 3.8) is 0 Å². The minimum atomic E-state index is 0.0221. The summed E-state index contributed by atoms with van der Waals surface area (Å²) in [6, 6.07) is 5.92. The van der Waals surface area contributed by atoms with Crippen LogP contribution >= 0.6 is 0 Å². The van der Waals surface area contributed by atoms with Crippen molar-refractivity contribution in [2.75, 3.05) is 50.8 Å². The van der Waals surface area contributed by atoms with Gasteiger partial charge in [-0.15, -0.1) is 0 Å². The predicted octanol–water partition coefficient (Wildman–Crippen LogP) is 1.18. The van der Waals surface area contributed by atoms with E-state index >= 15 is 0 Å². The first-order chi connectivity index (χ1) is 14.5. The van der Waals surface area contributed by atoms with Gasteiger partial charge in [-0.3, -0.25) is 19.7 Å². The number of nitriles is 1. The summed E-state index contributed by atoms with van der Waals surface area (Å²) >= 11 is 0. The Morgan fingerprint density at radius 1 is 1.30 bits per heavy atom. The van der Waals surface area contributed by atoms with Gasteiger partial charge >= 0.3 is 0 Å². The molecule has 8 heteroatoms. The third-order valence-corrected chi connectivity index (χ3v) is 5.59. The maximum Gasteiger partial charge on any atom is 0.147 e. The van der Waals surface area contributed by atoms with E-state index in [0.29, 0.717) is 49.6 Å². The largest absolute Gasteiger partial charge is 0.395 e. The highest BCUT2D eigenvalue weighted by Gasteiger charge is 2.28. The number of fused-ring (bicyclic) bond motifs is 1. The minimum absolute atomic E-state index is 0.0221. The molecule has 1 saturated heterocycles. The van der Waals surface area contributed by atoms with Gasteiger partial charge in [0.1, 0.15) is 22.9 Å². The van der Waals surface area contributed by atoms with Crippen molar-refractivity contribution in [3.8, 4) is 6.07 Å². The fourth-order valence-corrected chi connectivity index (χ4v) is 4.44. The molecular formula is C22H30N6O2. The van der Waals surface area contributed by atoms with Crippen molar-refractivity contribution in [3.05, 3.63) is 30.1 Å². The lowest BCUT2D eigenvalue weighted by Crippen LogP contribution is -2.42. The van der Waals surface area contributed by atoms with Crippen molar-refractivity contribution in [1.29, 1.82) is 5.26 Å². The van der Waals surface area contributed by atoms with Gasteiger partial charge in [-0.05, 0) is 30.4 Å². The fraction of sp³-hybridized carbons (Fsp3) is 0.545. The predicted molar refractivity (Wildman–Crippen MR) is 116 cm³/mol. The zero-order chi connectivity index (χ0) is 21.5. The summed E-state index contributed by atoms with van der Waals surface area (Å²) < 4.78 is 0. The Morgan fingerprint density at radius 2 is 2.07 bits per heavy atom. The van der Waals surface area contributed by atoms with E-state index in [1.54, 1.807) is 18.5 Å². The van der Waals surface area contributed by atoms with Crippen molar-refractivity contribution in [2.24, 2.45) is 17.6 Å². The van der Waals surface area contributed by atoms with Gasteiger partial charge in [-0.25, -0.2) is 0 Å². The topological polar surface area (TPSA) is 119 Å². The molecule has 1 aromatic carbocycles. The Bertz CT molecular complexity index is 906. The molecule has 1 aliphatic rings. The average molecular weight is 411 g/mol. The number of anilines is 1. The van der Waals surface area contributed by atoms with Gasteiger partial charge in [0.15, 0.2) is 0 Å². The quantitative estimate of drug-likeness (QED) is 0.632. The van der Waals surface area contributed by atoms with Crippen molar-refractivity contribution in [1.82, 2.24) is 14.9 Å². The molecule has 3 N–H and O–H groups in total. The molecule has 0 saturated carbocycles. The van der Waals surface area contributed by atoms with E-state index in [0.717, 1.165) is 30.7 Å². The van der Waals surface area contributed by atoms with Gasteiger partial charge in [-0.2, -0.15) is 5.26 Å². The summed E-state index contributed by atoms with van der Waals surface area (Å²) in [5, 5.41) is 18.6. The van der Waals surface area contributed by atoms with E-state index in [4.69, 9.17) is 5.73 Å². The molecule has 2 atom stereocenters. The van der Waals surface area contributed by atoms with Crippen LogP contribution in [0.2, 0.25) is 0 Å². The number of piperidine rings is 1. The second-order valence-electron chi connectivity index (χ2n) is 8.14. The summed E-state index contributed by atoms with van der Waals surface area (Å²) in [6.07, 6.45) is 4.76. The highest BCUT2D eigenvalue weighted by atomic mass is 16.3. The number of carbonyl (C=O) groups is 1. The number of aromatic nitrogens is 2. The molecule has 1 aromatic heterocycles. The van der Waals surface area contributed by atoms with Crippen LogP contribution in [0, 0.1) is 23.2 Å². The third-order valence-electron chi connectivity index (χ3n) is 5.59. The third kappa shape index (κ3) is 5.30. The lowest BCUT2D eigenvalue weighted by molar-refractivity contribution is -0.121. The standard InChI is InChI=1S/C22H30N6O2/c1-16-10-17(11-19(30)15-27(7-4-23)8-9-29)14-28(13-16)20-3-2-18(12-24)21-22(20)26-6-5-25-21/h2-3,5-6,16-17,29H,4,7-11,13-15,23H2,1H3/t16-,17-/m0/s1. The van der Waals surface area contributed by atoms with Crippen LogP contribution in [-0.2, 0) is 4.79 Å². The average Bonchev–Trinajstić information content (AvgIpc) is 2.72. The smallest absolute Gasteiger partial charge is 0.147 e. The van der Waals surface area contributed by atoms with Gasteiger partial charge < -0.3 is 15.7 Å². The molecule has 8 nitrogen and oxygen atoms in total. The number of ketones is 1. The number of hydrogen-bond acceptors (Lipinski definition) is 8. The first-order valence-electron chi connectivity index (χ1n) is 10.5. The Morgan fingerprint density at radius 3 is 2.77 bits per heavy atom. The maximum absolute atomic E-state index is 12.7. The Hall–Kier alpha value is -2.60. The zero-order valence-corrected chi connectivity index (χ0v) is 17.5. The van der Waals surface area contributed by atoms with Crippen molar-refractivity contribution in [2.45, 2.75) is 19.8 Å². The minimum Gasteiger partial charge on any atom is -0.395 e. The number of benzene rings is 1. The van der Waals surface area contributed by atoms with Gasteiger partial charge in [0, 0.05) is 51.5 Å². The van der Waals surface area contributed by atoms with Crippen LogP contribution in [-0.4, -0.2) is 71.6 Å². The van der Waals surface area contributed by atoms with E-state index in [9.17, 15) is 15.2 Å². The molecular weight excluding hydrogens is 380 g/mol. The Kier molecular flexibility index (Phi) is 7.69. The van der Waals surface area contributed by atoms with Crippen LogP contribution in [0.3, 0.4) is 0 Å². The molecule has 0 radical (unpaired) electrons. The first-order valence-corrected chi connectivity index (χ1v) is 10.5. The summed E-state index contributed by atoms with van der Waals surface area (Å²) in [5.74, 6) is 0.870. The summed E-state index contributed by atoms with van der Waals surface area (Å²) in [7, 11) is 0. The van der Waals surface area contributed by atoms with E-state index in [-0.39, 0.29) is 18.3 Å². The molecule has 0 spiro atoms. The van der Waals surface area contributed by atoms with Gasteiger partial charge in [-0.1, -0.05) is 6.92 Å². The van der Waals surface area contributed by atoms with Crippen LogP contribution < -0.4 is 10.6 Å². The number of nitrogens with zero attached hydrogens (tertiary/aromatic N) is 5. The lowest BCUT2D eigenvalue weighted by Gasteiger charge is -2.38. The molecule has 0 bridgehead atoms.